The van der Waals surface area contributed by atoms with Gasteiger partial charge < -0.3 is 0 Å². The summed E-state index contributed by atoms with van der Waals surface area (Å²) in [5.41, 5.74) is 6.31. The van der Waals surface area contributed by atoms with Crippen LogP contribution in [0.5, 0.6) is 0 Å². The first-order chi connectivity index (χ1) is 8.92. The monoisotopic (exact) mass is 260 g/mol. The van der Waals surface area contributed by atoms with E-state index in [0.29, 0.717) is 0 Å². The van der Waals surface area contributed by atoms with E-state index in [1.807, 2.05) is 13.8 Å². The average Bonchev–Trinajstić information content (AvgIpc) is 2.41. The van der Waals surface area contributed by atoms with E-state index in [4.69, 9.17) is 0 Å². The smallest absolute Gasteiger partial charge is 0.00675 e. The van der Waals surface area contributed by atoms with E-state index in [-0.39, 0.29) is 0 Å². The molecule has 0 bridgehead atoms. The van der Waals surface area contributed by atoms with Gasteiger partial charge in [0.05, 0.1) is 0 Å². The lowest BCUT2D eigenvalue weighted by molar-refractivity contribution is 1.08. The molecule has 0 aliphatic rings. The maximum atomic E-state index is 4.17. The summed E-state index contributed by atoms with van der Waals surface area (Å²) < 4.78 is 0. The fourth-order valence-electron chi connectivity index (χ4n) is 1.34. The highest BCUT2D eigenvalue weighted by atomic mass is 14.1. The predicted octanol–water partition coefficient (Wildman–Crippen LogP) is 6.78. The standard InChI is InChI=1S/C17H26.C2H6/c1-8-14(5)10-11-17(9-2)16(7)12-15(6)13(3)4;1-2/h9-11H,5,7-8,12H2,1-4,6H3;1-2H3/b11-10-,17-9+;. The molecule has 19 heavy (non-hydrogen) atoms. The summed E-state index contributed by atoms with van der Waals surface area (Å²) in [7, 11) is 0. The van der Waals surface area contributed by atoms with E-state index >= 15 is 0 Å². The van der Waals surface area contributed by atoms with Gasteiger partial charge in [0.2, 0.25) is 0 Å². The molecule has 0 aliphatic heterocycles. The van der Waals surface area contributed by atoms with Crippen molar-refractivity contribution in [1.29, 1.82) is 0 Å². The zero-order valence-corrected chi connectivity index (χ0v) is 14.1. The summed E-state index contributed by atoms with van der Waals surface area (Å²) in [6, 6.07) is 0. The van der Waals surface area contributed by atoms with Crippen LogP contribution in [-0.4, -0.2) is 0 Å². The first kappa shape index (κ1) is 20.0. The lowest BCUT2D eigenvalue weighted by atomic mass is 9.97. The highest BCUT2D eigenvalue weighted by molar-refractivity contribution is 5.42. The predicted molar refractivity (Wildman–Crippen MR) is 91.5 cm³/mol. The van der Waals surface area contributed by atoms with Crippen LogP contribution in [0.25, 0.3) is 0 Å². The number of hydrogen-bond donors (Lipinski definition) is 0. The normalized spacial score (nSPS) is 10.8. The molecule has 0 aromatic carbocycles. The van der Waals surface area contributed by atoms with Gasteiger partial charge in [-0.15, -0.1) is 0 Å². The zero-order valence-electron chi connectivity index (χ0n) is 14.1. The Balaban J connectivity index is 0. The topological polar surface area (TPSA) is 0 Å². The Kier molecular flexibility index (Phi) is 12.4. The second kappa shape index (κ2) is 11.8. The molecule has 0 aromatic heterocycles. The minimum atomic E-state index is 0.949. The molecule has 0 aliphatic carbocycles. The lowest BCUT2D eigenvalue weighted by Gasteiger charge is -2.09. The Morgan fingerprint density at radius 2 is 1.53 bits per heavy atom. The minimum Gasteiger partial charge on any atom is -0.0958 e. The molecule has 0 spiro atoms. The van der Waals surface area contributed by atoms with Crippen LogP contribution < -0.4 is 0 Å². The van der Waals surface area contributed by atoms with E-state index in [0.717, 1.165) is 18.4 Å². The average molecular weight is 260 g/mol. The van der Waals surface area contributed by atoms with Crippen molar-refractivity contribution in [1.82, 2.24) is 0 Å². The van der Waals surface area contributed by atoms with Crippen LogP contribution in [0.3, 0.4) is 0 Å². The molecule has 0 saturated heterocycles. The Labute approximate surface area is 121 Å². The van der Waals surface area contributed by atoms with Gasteiger partial charge in [0.25, 0.3) is 0 Å². The molecular formula is C19H32. The third-order valence-corrected chi connectivity index (χ3v) is 3.00. The van der Waals surface area contributed by atoms with Gasteiger partial charge in [-0.1, -0.05) is 68.9 Å². The maximum Gasteiger partial charge on any atom is -0.00675 e. The van der Waals surface area contributed by atoms with Crippen molar-refractivity contribution in [3.05, 3.63) is 59.3 Å². The molecule has 0 nitrogen and oxygen atoms in total. The molecule has 0 atom stereocenters. The third kappa shape index (κ3) is 9.30. The van der Waals surface area contributed by atoms with Gasteiger partial charge in [-0.2, -0.15) is 0 Å². The summed E-state index contributed by atoms with van der Waals surface area (Å²) in [6.45, 7) is 22.8. The molecule has 0 radical (unpaired) electrons. The van der Waals surface area contributed by atoms with Crippen molar-refractivity contribution in [3.63, 3.8) is 0 Å². The summed E-state index contributed by atoms with van der Waals surface area (Å²) in [5.74, 6) is 0. The zero-order chi connectivity index (χ0) is 15.4. The van der Waals surface area contributed by atoms with Crippen LogP contribution in [0, 0.1) is 0 Å². The molecule has 0 aromatic rings. The van der Waals surface area contributed by atoms with E-state index in [1.54, 1.807) is 0 Å². The van der Waals surface area contributed by atoms with Gasteiger partial charge in [0.15, 0.2) is 0 Å². The fourth-order valence-corrected chi connectivity index (χ4v) is 1.34. The van der Waals surface area contributed by atoms with Crippen LogP contribution >= 0.6 is 0 Å². The minimum absolute atomic E-state index is 0.949. The molecule has 0 unspecified atom stereocenters. The van der Waals surface area contributed by atoms with E-state index in [9.17, 15) is 0 Å². The van der Waals surface area contributed by atoms with Gasteiger partial charge in [0, 0.05) is 0 Å². The molecule has 0 heterocycles. The highest BCUT2D eigenvalue weighted by Gasteiger charge is 2.01. The van der Waals surface area contributed by atoms with Crippen LogP contribution in [0.4, 0.5) is 0 Å². The summed E-state index contributed by atoms with van der Waals surface area (Å²) in [6.07, 6.45) is 8.25. The summed E-state index contributed by atoms with van der Waals surface area (Å²) in [4.78, 5) is 0. The fraction of sp³-hybridized carbons (Fsp3) is 0.474. The Bertz CT molecular complexity index is 369. The Morgan fingerprint density at radius 1 is 1.00 bits per heavy atom. The van der Waals surface area contributed by atoms with Gasteiger partial charge in [0.1, 0.15) is 0 Å². The SMILES string of the molecule is C=C(/C=C\C(=C/C)C(=C)CC(C)=C(C)C)CC.CC. The second-order valence-electron chi connectivity index (χ2n) is 4.65. The van der Waals surface area contributed by atoms with E-state index in [1.165, 1.54) is 22.3 Å². The van der Waals surface area contributed by atoms with Crippen LogP contribution in [0.2, 0.25) is 0 Å². The van der Waals surface area contributed by atoms with Crippen molar-refractivity contribution in [2.24, 2.45) is 0 Å². The second-order valence-corrected chi connectivity index (χ2v) is 4.65. The third-order valence-electron chi connectivity index (χ3n) is 3.00. The van der Waals surface area contributed by atoms with Gasteiger partial charge >= 0.3 is 0 Å². The Hall–Kier alpha value is -1.30. The van der Waals surface area contributed by atoms with Crippen molar-refractivity contribution >= 4 is 0 Å². The summed E-state index contributed by atoms with van der Waals surface area (Å²) in [5, 5.41) is 0. The summed E-state index contributed by atoms with van der Waals surface area (Å²) >= 11 is 0. The molecule has 0 saturated carbocycles. The van der Waals surface area contributed by atoms with Crippen LogP contribution in [-0.2, 0) is 0 Å². The maximum absolute atomic E-state index is 4.17. The van der Waals surface area contributed by atoms with Gasteiger partial charge in [-0.05, 0) is 51.7 Å². The molecule has 0 amide bonds. The number of allylic oxidation sites excluding steroid dienone is 8. The van der Waals surface area contributed by atoms with Crippen molar-refractivity contribution in [3.8, 4) is 0 Å². The van der Waals surface area contributed by atoms with Crippen LogP contribution in [0.1, 0.15) is 61.3 Å². The number of rotatable bonds is 6. The first-order valence-electron chi connectivity index (χ1n) is 7.25. The van der Waals surface area contributed by atoms with E-state index in [2.05, 4.69) is 66.0 Å². The van der Waals surface area contributed by atoms with Gasteiger partial charge in [-0.3, -0.25) is 0 Å². The largest absolute Gasteiger partial charge is 0.0958 e. The first-order valence-corrected chi connectivity index (χ1v) is 7.25. The molecule has 0 heteroatoms. The molecular weight excluding hydrogens is 228 g/mol. The van der Waals surface area contributed by atoms with E-state index < -0.39 is 0 Å². The van der Waals surface area contributed by atoms with Gasteiger partial charge in [-0.25, -0.2) is 0 Å². The van der Waals surface area contributed by atoms with Crippen LogP contribution in [0.15, 0.2) is 59.3 Å². The molecule has 0 N–H and O–H groups in total. The quantitative estimate of drug-likeness (QED) is 0.364. The molecule has 0 fully saturated rings. The van der Waals surface area contributed by atoms with Crippen molar-refractivity contribution in [2.45, 2.75) is 61.3 Å². The Morgan fingerprint density at radius 3 is 1.89 bits per heavy atom. The highest BCUT2D eigenvalue weighted by Crippen LogP contribution is 2.20. The molecule has 108 valence electrons. The number of hydrogen-bond acceptors (Lipinski definition) is 0. The lowest BCUT2D eigenvalue weighted by Crippen LogP contribution is -1.89. The van der Waals surface area contributed by atoms with Crippen molar-refractivity contribution in [2.75, 3.05) is 0 Å². The molecule has 0 rings (SSSR count). The van der Waals surface area contributed by atoms with Crippen molar-refractivity contribution < 1.29 is 0 Å².